The standard InChI is InChI=1S/C22H28N2O4S/c1-6-27-19-11-10-16(13-20(19)28-7-2)15(4)23-22(29)24-18-12-17(21(25)26-5)9-8-14(18)3/h8-13,15H,6-7H2,1-5H3,(H2,23,24,29)/t15-/m1/s1. The fourth-order valence-corrected chi connectivity index (χ4v) is 3.06. The van der Waals surface area contributed by atoms with E-state index < -0.39 is 5.97 Å². The molecule has 0 aliphatic heterocycles. The molecule has 0 saturated carbocycles. The van der Waals surface area contributed by atoms with Crippen molar-refractivity contribution in [2.75, 3.05) is 25.6 Å². The van der Waals surface area contributed by atoms with Crippen molar-refractivity contribution in [3.8, 4) is 11.5 Å². The van der Waals surface area contributed by atoms with Crippen LogP contribution in [-0.4, -0.2) is 31.4 Å². The Labute approximate surface area is 177 Å². The zero-order valence-electron chi connectivity index (χ0n) is 17.5. The summed E-state index contributed by atoms with van der Waals surface area (Å²) in [5, 5.41) is 6.87. The molecule has 0 aliphatic carbocycles. The third-order valence-corrected chi connectivity index (χ3v) is 4.54. The highest BCUT2D eigenvalue weighted by atomic mass is 32.1. The number of carbonyl (C=O) groups excluding carboxylic acids is 1. The molecule has 1 atom stereocenters. The summed E-state index contributed by atoms with van der Waals surface area (Å²) in [6, 6.07) is 11.1. The number of thiocarbonyl (C=S) groups is 1. The molecule has 156 valence electrons. The number of hydrogen-bond acceptors (Lipinski definition) is 5. The average molecular weight is 417 g/mol. The van der Waals surface area contributed by atoms with E-state index in [1.807, 2.05) is 52.0 Å². The van der Waals surface area contributed by atoms with Crippen molar-refractivity contribution in [1.82, 2.24) is 5.32 Å². The lowest BCUT2D eigenvalue weighted by Gasteiger charge is -2.20. The summed E-state index contributed by atoms with van der Waals surface area (Å²) < 4.78 is 16.1. The molecule has 0 radical (unpaired) electrons. The summed E-state index contributed by atoms with van der Waals surface area (Å²) in [4.78, 5) is 11.8. The van der Waals surface area contributed by atoms with Gasteiger partial charge in [0.25, 0.3) is 0 Å². The van der Waals surface area contributed by atoms with Gasteiger partial charge in [0.15, 0.2) is 16.6 Å². The monoisotopic (exact) mass is 416 g/mol. The molecule has 7 heteroatoms. The van der Waals surface area contributed by atoms with Gasteiger partial charge >= 0.3 is 5.97 Å². The molecule has 0 amide bonds. The largest absolute Gasteiger partial charge is 0.490 e. The van der Waals surface area contributed by atoms with E-state index in [4.69, 9.17) is 26.4 Å². The van der Waals surface area contributed by atoms with Gasteiger partial charge in [-0.05, 0) is 75.3 Å². The van der Waals surface area contributed by atoms with E-state index in [0.29, 0.717) is 29.6 Å². The Kier molecular flexibility index (Phi) is 8.27. The Morgan fingerprint density at radius 2 is 1.76 bits per heavy atom. The first-order chi connectivity index (χ1) is 13.9. The van der Waals surface area contributed by atoms with Crippen molar-refractivity contribution < 1.29 is 19.0 Å². The van der Waals surface area contributed by atoms with E-state index in [0.717, 1.165) is 22.6 Å². The van der Waals surface area contributed by atoms with Crippen LogP contribution in [0.1, 0.15) is 48.3 Å². The zero-order valence-corrected chi connectivity index (χ0v) is 18.3. The molecule has 0 spiro atoms. The molecule has 2 aromatic carbocycles. The third kappa shape index (κ3) is 6.09. The molecule has 0 aliphatic rings. The summed E-state index contributed by atoms with van der Waals surface area (Å²) in [6.07, 6.45) is 0. The number of hydrogen-bond donors (Lipinski definition) is 2. The van der Waals surface area contributed by atoms with Gasteiger partial charge < -0.3 is 24.8 Å². The number of anilines is 1. The van der Waals surface area contributed by atoms with Crippen LogP contribution in [-0.2, 0) is 4.74 Å². The smallest absolute Gasteiger partial charge is 0.337 e. The minimum absolute atomic E-state index is 0.0611. The molecule has 0 fully saturated rings. The maximum absolute atomic E-state index is 11.8. The van der Waals surface area contributed by atoms with Gasteiger partial charge in [-0.2, -0.15) is 0 Å². The zero-order chi connectivity index (χ0) is 21.4. The lowest BCUT2D eigenvalue weighted by Crippen LogP contribution is -2.31. The number of benzene rings is 2. The Balaban J connectivity index is 2.11. The second kappa shape index (κ2) is 10.7. The van der Waals surface area contributed by atoms with Crippen molar-refractivity contribution in [1.29, 1.82) is 0 Å². The molecule has 29 heavy (non-hydrogen) atoms. The summed E-state index contributed by atoms with van der Waals surface area (Å²) >= 11 is 5.47. The molecule has 0 heterocycles. The SMILES string of the molecule is CCOc1ccc([C@@H](C)NC(=S)Nc2cc(C(=O)OC)ccc2C)cc1OCC. The fraction of sp³-hybridized carbons (Fsp3) is 0.364. The van der Waals surface area contributed by atoms with Crippen LogP contribution < -0.4 is 20.1 Å². The van der Waals surface area contributed by atoms with Crippen LogP contribution in [0.3, 0.4) is 0 Å². The van der Waals surface area contributed by atoms with Gasteiger partial charge in [0, 0.05) is 5.69 Å². The second-order valence-electron chi connectivity index (χ2n) is 6.41. The van der Waals surface area contributed by atoms with Gasteiger partial charge in [-0.25, -0.2) is 4.79 Å². The van der Waals surface area contributed by atoms with E-state index in [-0.39, 0.29) is 6.04 Å². The van der Waals surface area contributed by atoms with E-state index >= 15 is 0 Å². The van der Waals surface area contributed by atoms with Crippen LogP contribution in [0.25, 0.3) is 0 Å². The van der Waals surface area contributed by atoms with Gasteiger partial charge in [0.1, 0.15) is 0 Å². The Bertz CT molecular complexity index is 870. The fourth-order valence-electron chi connectivity index (χ4n) is 2.78. The van der Waals surface area contributed by atoms with Crippen LogP contribution >= 0.6 is 12.2 Å². The molecule has 2 aromatic rings. The number of carbonyl (C=O) groups is 1. The van der Waals surface area contributed by atoms with Gasteiger partial charge in [0.2, 0.25) is 0 Å². The number of rotatable bonds is 8. The average Bonchev–Trinajstić information content (AvgIpc) is 2.70. The quantitative estimate of drug-likeness (QED) is 0.480. The van der Waals surface area contributed by atoms with E-state index in [1.54, 1.807) is 12.1 Å². The van der Waals surface area contributed by atoms with E-state index in [9.17, 15) is 4.79 Å². The summed E-state index contributed by atoms with van der Waals surface area (Å²) in [6.45, 7) is 8.96. The molecule has 6 nitrogen and oxygen atoms in total. The molecule has 2 rings (SSSR count). The predicted molar refractivity (Wildman–Crippen MR) is 119 cm³/mol. The first-order valence-corrected chi connectivity index (χ1v) is 9.96. The van der Waals surface area contributed by atoms with Crippen LogP contribution in [0.4, 0.5) is 5.69 Å². The van der Waals surface area contributed by atoms with E-state index in [1.165, 1.54) is 7.11 Å². The minimum Gasteiger partial charge on any atom is -0.490 e. The first kappa shape index (κ1) is 22.5. The Morgan fingerprint density at radius 1 is 1.07 bits per heavy atom. The van der Waals surface area contributed by atoms with Crippen molar-refractivity contribution in [3.05, 3.63) is 53.1 Å². The van der Waals surface area contributed by atoms with Crippen LogP contribution in [0.5, 0.6) is 11.5 Å². The third-order valence-electron chi connectivity index (χ3n) is 4.32. The number of methoxy groups -OCH3 is 1. The topological polar surface area (TPSA) is 68.8 Å². The van der Waals surface area contributed by atoms with Gasteiger partial charge in [-0.15, -0.1) is 0 Å². The Morgan fingerprint density at radius 3 is 2.41 bits per heavy atom. The molecule has 2 N–H and O–H groups in total. The number of ether oxygens (including phenoxy) is 3. The van der Waals surface area contributed by atoms with E-state index in [2.05, 4.69) is 10.6 Å². The van der Waals surface area contributed by atoms with Gasteiger partial charge in [-0.1, -0.05) is 12.1 Å². The van der Waals surface area contributed by atoms with Gasteiger partial charge in [0.05, 0.1) is 31.9 Å². The van der Waals surface area contributed by atoms with Crippen LogP contribution in [0.15, 0.2) is 36.4 Å². The van der Waals surface area contributed by atoms with Crippen molar-refractivity contribution >= 4 is 29.0 Å². The molecule has 0 saturated heterocycles. The van der Waals surface area contributed by atoms with Crippen molar-refractivity contribution in [3.63, 3.8) is 0 Å². The van der Waals surface area contributed by atoms with Gasteiger partial charge in [-0.3, -0.25) is 0 Å². The number of nitrogens with one attached hydrogen (secondary N) is 2. The summed E-state index contributed by atoms with van der Waals surface area (Å²) in [5.74, 6) is 1.04. The minimum atomic E-state index is -0.391. The predicted octanol–water partition coefficient (Wildman–Crippen LogP) is 4.63. The molecule has 0 unspecified atom stereocenters. The highest BCUT2D eigenvalue weighted by Gasteiger charge is 2.13. The lowest BCUT2D eigenvalue weighted by molar-refractivity contribution is 0.0601. The number of aryl methyl sites for hydroxylation is 1. The normalized spacial score (nSPS) is 11.3. The molecule has 0 aromatic heterocycles. The second-order valence-corrected chi connectivity index (χ2v) is 6.82. The maximum Gasteiger partial charge on any atom is 0.337 e. The first-order valence-electron chi connectivity index (χ1n) is 9.55. The highest BCUT2D eigenvalue weighted by Crippen LogP contribution is 2.30. The van der Waals surface area contributed by atoms with Crippen LogP contribution in [0, 0.1) is 6.92 Å². The number of esters is 1. The summed E-state index contributed by atoms with van der Waals surface area (Å²) in [7, 11) is 1.36. The Hall–Kier alpha value is -2.80. The van der Waals surface area contributed by atoms with Crippen molar-refractivity contribution in [2.24, 2.45) is 0 Å². The molecular formula is C22H28N2O4S. The molecule has 0 bridgehead atoms. The maximum atomic E-state index is 11.8. The summed E-state index contributed by atoms with van der Waals surface area (Å²) in [5.41, 5.74) is 3.19. The lowest BCUT2D eigenvalue weighted by atomic mass is 10.1. The van der Waals surface area contributed by atoms with Crippen LogP contribution in [0.2, 0.25) is 0 Å². The molecular weight excluding hydrogens is 388 g/mol. The van der Waals surface area contributed by atoms with Crippen molar-refractivity contribution in [2.45, 2.75) is 33.7 Å². The highest BCUT2D eigenvalue weighted by molar-refractivity contribution is 7.80.